The third kappa shape index (κ3) is 3.26. The summed E-state index contributed by atoms with van der Waals surface area (Å²) in [5.74, 6) is 0.259. The lowest BCUT2D eigenvalue weighted by Crippen LogP contribution is -2.44. The van der Waals surface area contributed by atoms with Gasteiger partial charge in [0, 0.05) is 30.7 Å². The summed E-state index contributed by atoms with van der Waals surface area (Å²) in [4.78, 5) is 15.5. The van der Waals surface area contributed by atoms with Gasteiger partial charge in [0.15, 0.2) is 11.6 Å². The number of fused-ring (bicyclic) bond motifs is 3. The zero-order valence-corrected chi connectivity index (χ0v) is 16.1. The SMILES string of the molecule is Cc1c(OC(F)F)ccc(Nc2ncnc3ccc(N4C[C@@H]5C[C@H]4CN5)nc23)c1F. The van der Waals surface area contributed by atoms with Crippen LogP contribution < -0.4 is 20.3 Å². The number of halogens is 3. The van der Waals surface area contributed by atoms with Crippen molar-refractivity contribution in [3.05, 3.63) is 42.0 Å². The number of benzene rings is 1. The number of anilines is 3. The molecule has 7 nitrogen and oxygen atoms in total. The first-order valence-electron chi connectivity index (χ1n) is 9.62. The summed E-state index contributed by atoms with van der Waals surface area (Å²) in [5.41, 5.74) is 1.20. The lowest BCUT2D eigenvalue weighted by atomic mass is 10.2. The van der Waals surface area contributed by atoms with Gasteiger partial charge in [0.05, 0.1) is 11.2 Å². The molecule has 2 fully saturated rings. The zero-order valence-electron chi connectivity index (χ0n) is 16.1. The molecule has 2 aliphatic heterocycles. The Balaban J connectivity index is 1.49. The van der Waals surface area contributed by atoms with Crippen LogP contribution in [0, 0.1) is 12.7 Å². The van der Waals surface area contributed by atoms with Crippen LogP contribution in [0.1, 0.15) is 12.0 Å². The Morgan fingerprint density at radius 3 is 2.83 bits per heavy atom. The first-order valence-corrected chi connectivity index (χ1v) is 9.62. The molecule has 2 saturated heterocycles. The van der Waals surface area contributed by atoms with Crippen LogP contribution in [0.4, 0.5) is 30.5 Å². The van der Waals surface area contributed by atoms with E-state index in [0.717, 1.165) is 25.3 Å². The molecule has 0 saturated carbocycles. The molecule has 3 aromatic rings. The molecule has 5 rings (SSSR count). The summed E-state index contributed by atoms with van der Waals surface area (Å²) in [6.45, 7) is 0.173. The number of ether oxygens (including phenoxy) is 1. The van der Waals surface area contributed by atoms with Crippen LogP contribution in [0.15, 0.2) is 30.6 Å². The molecule has 2 aliphatic rings. The molecule has 10 heteroatoms. The summed E-state index contributed by atoms with van der Waals surface area (Å²) in [7, 11) is 0. The zero-order chi connectivity index (χ0) is 20.8. The van der Waals surface area contributed by atoms with E-state index in [1.165, 1.54) is 25.4 Å². The maximum Gasteiger partial charge on any atom is 0.387 e. The van der Waals surface area contributed by atoms with Crippen molar-refractivity contribution in [1.82, 2.24) is 20.3 Å². The summed E-state index contributed by atoms with van der Waals surface area (Å²) in [6, 6.07) is 7.31. The van der Waals surface area contributed by atoms with Gasteiger partial charge in [0.1, 0.15) is 23.4 Å². The predicted molar refractivity (Wildman–Crippen MR) is 106 cm³/mol. The van der Waals surface area contributed by atoms with Crippen LogP contribution in [0.5, 0.6) is 5.75 Å². The minimum absolute atomic E-state index is 0.0205. The number of aromatic nitrogens is 3. The topological polar surface area (TPSA) is 75.2 Å². The largest absolute Gasteiger partial charge is 0.434 e. The number of nitrogens with one attached hydrogen (secondary N) is 2. The van der Waals surface area contributed by atoms with Gasteiger partial charge >= 0.3 is 6.61 Å². The fraction of sp³-hybridized carbons (Fsp3) is 0.350. The van der Waals surface area contributed by atoms with E-state index in [4.69, 9.17) is 4.98 Å². The van der Waals surface area contributed by atoms with Crippen molar-refractivity contribution < 1.29 is 17.9 Å². The smallest absolute Gasteiger partial charge is 0.387 e. The molecule has 2 aromatic heterocycles. The minimum Gasteiger partial charge on any atom is -0.434 e. The molecule has 2 N–H and O–H groups in total. The first-order chi connectivity index (χ1) is 14.5. The van der Waals surface area contributed by atoms with Crippen LogP contribution in [-0.4, -0.2) is 46.7 Å². The predicted octanol–water partition coefficient (Wildman–Crippen LogP) is 3.37. The Labute approximate surface area is 170 Å². The van der Waals surface area contributed by atoms with Gasteiger partial charge in [-0.15, -0.1) is 0 Å². The lowest BCUT2D eigenvalue weighted by molar-refractivity contribution is -0.0504. The Morgan fingerprint density at radius 2 is 2.10 bits per heavy atom. The number of hydrogen-bond donors (Lipinski definition) is 2. The Kier molecular flexibility index (Phi) is 4.58. The van der Waals surface area contributed by atoms with Gasteiger partial charge in [0.2, 0.25) is 0 Å². The van der Waals surface area contributed by atoms with E-state index in [1.807, 2.05) is 12.1 Å². The Morgan fingerprint density at radius 1 is 1.23 bits per heavy atom. The summed E-state index contributed by atoms with van der Waals surface area (Å²) in [5, 5.41) is 6.39. The number of nitrogens with zero attached hydrogens (tertiary/aromatic N) is 4. The molecule has 2 bridgehead atoms. The van der Waals surface area contributed by atoms with E-state index in [1.54, 1.807) is 0 Å². The van der Waals surface area contributed by atoms with Crippen molar-refractivity contribution >= 4 is 28.4 Å². The second-order valence-electron chi connectivity index (χ2n) is 7.46. The Bertz CT molecular complexity index is 1110. The van der Waals surface area contributed by atoms with Crippen LogP contribution in [0.2, 0.25) is 0 Å². The second kappa shape index (κ2) is 7.28. The van der Waals surface area contributed by atoms with E-state index in [-0.39, 0.29) is 17.0 Å². The summed E-state index contributed by atoms with van der Waals surface area (Å²) >= 11 is 0. The summed E-state index contributed by atoms with van der Waals surface area (Å²) < 4.78 is 44.1. The fourth-order valence-electron chi connectivity index (χ4n) is 4.14. The second-order valence-corrected chi connectivity index (χ2v) is 7.46. The Hall–Kier alpha value is -3.14. The van der Waals surface area contributed by atoms with E-state index in [9.17, 15) is 13.2 Å². The number of pyridine rings is 1. The third-order valence-electron chi connectivity index (χ3n) is 5.62. The molecule has 1 aromatic carbocycles. The normalized spacial score (nSPS) is 20.4. The number of hydrogen-bond acceptors (Lipinski definition) is 7. The molecule has 0 aliphatic carbocycles. The van der Waals surface area contributed by atoms with Crippen molar-refractivity contribution in [2.24, 2.45) is 0 Å². The van der Waals surface area contributed by atoms with E-state index in [0.29, 0.717) is 28.9 Å². The van der Waals surface area contributed by atoms with E-state index in [2.05, 4.69) is 30.2 Å². The molecule has 0 amide bonds. The fourth-order valence-corrected chi connectivity index (χ4v) is 4.14. The maximum absolute atomic E-state index is 14.8. The summed E-state index contributed by atoms with van der Waals surface area (Å²) in [6.07, 6.45) is 2.46. The highest BCUT2D eigenvalue weighted by Gasteiger charge is 2.38. The number of alkyl halides is 2. The molecule has 0 unspecified atom stereocenters. The van der Waals surface area contributed by atoms with Gasteiger partial charge in [0.25, 0.3) is 0 Å². The minimum atomic E-state index is -3.02. The van der Waals surface area contributed by atoms with Gasteiger partial charge < -0.3 is 20.3 Å². The maximum atomic E-state index is 14.8. The van der Waals surface area contributed by atoms with Gasteiger partial charge in [-0.3, -0.25) is 0 Å². The molecule has 0 radical (unpaired) electrons. The standard InChI is InChI=1S/C20H19F3N6O/c1-10-15(30-20(22)23)4-2-13(17(10)21)27-19-18-14(25-9-26-19)3-5-16(28-18)29-8-11-6-12(29)7-24-11/h2-5,9,11-12,20,24H,6-8H2,1H3,(H,25,26,27)/t11-,12-/m0/s1. The van der Waals surface area contributed by atoms with Gasteiger partial charge in [-0.05, 0) is 37.6 Å². The van der Waals surface area contributed by atoms with Crippen molar-refractivity contribution in [3.8, 4) is 5.75 Å². The quantitative estimate of drug-likeness (QED) is 0.661. The molecular weight excluding hydrogens is 397 g/mol. The van der Waals surface area contributed by atoms with Crippen molar-refractivity contribution in [2.45, 2.75) is 32.0 Å². The van der Waals surface area contributed by atoms with Crippen molar-refractivity contribution in [1.29, 1.82) is 0 Å². The van der Waals surface area contributed by atoms with E-state index < -0.39 is 12.4 Å². The molecule has 30 heavy (non-hydrogen) atoms. The van der Waals surface area contributed by atoms with Crippen LogP contribution >= 0.6 is 0 Å². The van der Waals surface area contributed by atoms with Crippen LogP contribution in [0.25, 0.3) is 11.0 Å². The van der Waals surface area contributed by atoms with Crippen LogP contribution in [-0.2, 0) is 0 Å². The molecular formula is C20H19F3N6O. The first kappa shape index (κ1) is 18.9. The monoisotopic (exact) mass is 416 g/mol. The van der Waals surface area contributed by atoms with Crippen LogP contribution in [0.3, 0.4) is 0 Å². The van der Waals surface area contributed by atoms with Gasteiger partial charge in [-0.1, -0.05) is 0 Å². The number of rotatable bonds is 5. The average molecular weight is 416 g/mol. The van der Waals surface area contributed by atoms with E-state index >= 15 is 0 Å². The molecule has 156 valence electrons. The highest BCUT2D eigenvalue weighted by Crippen LogP contribution is 2.33. The van der Waals surface area contributed by atoms with Gasteiger partial charge in [-0.2, -0.15) is 8.78 Å². The molecule has 2 atom stereocenters. The van der Waals surface area contributed by atoms with Gasteiger partial charge in [-0.25, -0.2) is 19.3 Å². The average Bonchev–Trinajstić information content (AvgIpc) is 3.37. The van der Waals surface area contributed by atoms with Crippen molar-refractivity contribution in [3.63, 3.8) is 0 Å². The van der Waals surface area contributed by atoms with Crippen molar-refractivity contribution in [2.75, 3.05) is 23.3 Å². The third-order valence-corrected chi connectivity index (χ3v) is 5.62. The molecule has 4 heterocycles. The molecule has 0 spiro atoms. The highest BCUT2D eigenvalue weighted by molar-refractivity contribution is 5.88. The number of piperazine rings is 1. The lowest BCUT2D eigenvalue weighted by Gasteiger charge is -2.28. The highest BCUT2D eigenvalue weighted by atomic mass is 19.3.